The molecule has 0 fully saturated rings. The second-order valence-corrected chi connectivity index (χ2v) is 7.53. The average Bonchev–Trinajstić information content (AvgIpc) is 2.98. The number of benzene rings is 2. The van der Waals surface area contributed by atoms with E-state index in [0.717, 1.165) is 21.6 Å². The van der Waals surface area contributed by atoms with Gasteiger partial charge in [0, 0.05) is 4.88 Å². The lowest BCUT2D eigenvalue weighted by Gasteiger charge is -2.18. The van der Waals surface area contributed by atoms with Gasteiger partial charge in [0.1, 0.15) is 5.00 Å². The van der Waals surface area contributed by atoms with E-state index in [0.29, 0.717) is 17.0 Å². The summed E-state index contributed by atoms with van der Waals surface area (Å²) in [4.78, 5) is 26.2. The number of amides is 2. The summed E-state index contributed by atoms with van der Waals surface area (Å²) in [7, 11) is 0. The van der Waals surface area contributed by atoms with Gasteiger partial charge in [0.15, 0.2) is 0 Å². The van der Waals surface area contributed by atoms with Gasteiger partial charge >= 0.3 is 0 Å². The largest absolute Gasteiger partial charge is 0.365 e. The van der Waals surface area contributed by atoms with Gasteiger partial charge in [-0.2, -0.15) is 0 Å². The summed E-state index contributed by atoms with van der Waals surface area (Å²) in [6.45, 7) is 3.92. The normalized spacial score (nSPS) is 10.8. The van der Waals surface area contributed by atoms with Crippen molar-refractivity contribution in [3.63, 3.8) is 0 Å². The third-order valence-corrected chi connectivity index (χ3v) is 5.64. The van der Waals surface area contributed by atoms with E-state index in [2.05, 4.69) is 5.32 Å². The topological polar surface area (TPSA) is 72.2 Å². The second-order valence-electron chi connectivity index (χ2n) is 6.30. The highest BCUT2D eigenvalue weighted by Crippen LogP contribution is 2.35. The zero-order valence-electron chi connectivity index (χ0n) is 15.4. The standard InChI is InChI=1S/C22H22N2O2S/c1-3-17-14(2)27-22(19(17)20(23)25)24-21(26)18(15-10-6-4-7-11-15)16-12-8-5-9-13-16/h4-13,18H,3H2,1-2H3,(H2,23,25)(H,24,26). The molecule has 27 heavy (non-hydrogen) atoms. The summed E-state index contributed by atoms with van der Waals surface area (Å²) in [5.41, 5.74) is 8.71. The quantitative estimate of drug-likeness (QED) is 0.663. The number of hydrogen-bond acceptors (Lipinski definition) is 3. The molecule has 0 saturated heterocycles. The van der Waals surface area contributed by atoms with Crippen LogP contribution in [0.2, 0.25) is 0 Å². The summed E-state index contributed by atoms with van der Waals surface area (Å²) in [6, 6.07) is 19.2. The van der Waals surface area contributed by atoms with Crippen LogP contribution < -0.4 is 11.1 Å². The van der Waals surface area contributed by atoms with Crippen LogP contribution in [0.25, 0.3) is 0 Å². The molecule has 3 N–H and O–H groups in total. The highest BCUT2D eigenvalue weighted by Gasteiger charge is 2.26. The Morgan fingerprint density at radius 1 is 1.00 bits per heavy atom. The fraction of sp³-hybridized carbons (Fsp3) is 0.182. The molecule has 3 aromatic rings. The van der Waals surface area contributed by atoms with Crippen molar-refractivity contribution in [3.8, 4) is 0 Å². The molecule has 138 valence electrons. The molecule has 1 aromatic heterocycles. The summed E-state index contributed by atoms with van der Waals surface area (Å²) in [5, 5.41) is 3.49. The first-order valence-electron chi connectivity index (χ1n) is 8.85. The highest BCUT2D eigenvalue weighted by atomic mass is 32.1. The van der Waals surface area contributed by atoms with E-state index in [1.807, 2.05) is 74.5 Å². The van der Waals surface area contributed by atoms with Gasteiger partial charge in [-0.25, -0.2) is 0 Å². The summed E-state index contributed by atoms with van der Waals surface area (Å²) >= 11 is 1.40. The van der Waals surface area contributed by atoms with Crippen molar-refractivity contribution >= 4 is 28.2 Å². The predicted octanol–water partition coefficient (Wildman–Crippen LogP) is 4.49. The Kier molecular flexibility index (Phi) is 5.72. The van der Waals surface area contributed by atoms with E-state index in [1.165, 1.54) is 11.3 Å². The number of carbonyl (C=O) groups is 2. The molecule has 5 heteroatoms. The van der Waals surface area contributed by atoms with E-state index >= 15 is 0 Å². The van der Waals surface area contributed by atoms with Gasteiger partial charge in [0.05, 0.1) is 11.5 Å². The maximum Gasteiger partial charge on any atom is 0.251 e. The number of nitrogens with one attached hydrogen (secondary N) is 1. The molecule has 0 saturated carbocycles. The van der Waals surface area contributed by atoms with Crippen molar-refractivity contribution in [1.29, 1.82) is 0 Å². The fourth-order valence-corrected chi connectivity index (χ4v) is 4.48. The van der Waals surface area contributed by atoms with Crippen LogP contribution in [0, 0.1) is 6.92 Å². The zero-order chi connectivity index (χ0) is 19.4. The van der Waals surface area contributed by atoms with Crippen molar-refractivity contribution in [2.75, 3.05) is 5.32 Å². The number of thiophene rings is 1. The molecule has 0 aliphatic heterocycles. The Bertz CT molecular complexity index is 910. The Morgan fingerprint density at radius 2 is 1.52 bits per heavy atom. The molecule has 2 aromatic carbocycles. The van der Waals surface area contributed by atoms with Crippen molar-refractivity contribution in [3.05, 3.63) is 87.8 Å². The lowest BCUT2D eigenvalue weighted by atomic mass is 9.90. The monoisotopic (exact) mass is 378 g/mol. The van der Waals surface area contributed by atoms with E-state index in [-0.39, 0.29) is 5.91 Å². The van der Waals surface area contributed by atoms with Crippen LogP contribution in [-0.2, 0) is 11.2 Å². The van der Waals surface area contributed by atoms with E-state index < -0.39 is 11.8 Å². The number of carbonyl (C=O) groups excluding carboxylic acids is 2. The second kappa shape index (κ2) is 8.18. The number of aryl methyl sites for hydroxylation is 1. The Labute approximate surface area is 163 Å². The maximum atomic E-state index is 13.2. The molecule has 0 aliphatic rings. The van der Waals surface area contributed by atoms with Crippen LogP contribution >= 0.6 is 11.3 Å². The average molecular weight is 378 g/mol. The van der Waals surface area contributed by atoms with Crippen molar-refractivity contribution in [2.24, 2.45) is 5.73 Å². The number of hydrogen-bond donors (Lipinski definition) is 2. The van der Waals surface area contributed by atoms with Crippen LogP contribution in [0.15, 0.2) is 60.7 Å². The van der Waals surface area contributed by atoms with Gasteiger partial charge in [-0.3, -0.25) is 9.59 Å². The van der Waals surface area contributed by atoms with Crippen molar-refractivity contribution < 1.29 is 9.59 Å². The summed E-state index contributed by atoms with van der Waals surface area (Å²) < 4.78 is 0. The maximum absolute atomic E-state index is 13.2. The SMILES string of the molecule is CCc1c(C)sc(NC(=O)C(c2ccccc2)c2ccccc2)c1C(N)=O. The number of nitrogens with two attached hydrogens (primary N) is 1. The Balaban J connectivity index is 2.01. The number of primary amides is 1. The van der Waals surface area contributed by atoms with Gasteiger partial charge < -0.3 is 11.1 Å². The Morgan fingerprint density at radius 3 is 1.96 bits per heavy atom. The van der Waals surface area contributed by atoms with E-state index in [1.54, 1.807) is 0 Å². The molecule has 2 amide bonds. The van der Waals surface area contributed by atoms with Gasteiger partial charge in [-0.05, 0) is 30.0 Å². The third-order valence-electron chi connectivity index (χ3n) is 4.57. The molecule has 0 atom stereocenters. The van der Waals surface area contributed by atoms with Crippen LogP contribution in [0.5, 0.6) is 0 Å². The first-order valence-corrected chi connectivity index (χ1v) is 9.67. The minimum atomic E-state index is -0.512. The molecule has 0 bridgehead atoms. The third kappa shape index (κ3) is 3.93. The number of anilines is 1. The number of rotatable bonds is 6. The van der Waals surface area contributed by atoms with E-state index in [9.17, 15) is 9.59 Å². The highest BCUT2D eigenvalue weighted by molar-refractivity contribution is 7.16. The van der Waals surface area contributed by atoms with E-state index in [4.69, 9.17) is 5.73 Å². The molecular weight excluding hydrogens is 356 g/mol. The van der Waals surface area contributed by atoms with Gasteiger partial charge in [0.25, 0.3) is 5.91 Å². The van der Waals surface area contributed by atoms with Crippen LogP contribution in [0.3, 0.4) is 0 Å². The van der Waals surface area contributed by atoms with Crippen LogP contribution in [0.4, 0.5) is 5.00 Å². The lowest BCUT2D eigenvalue weighted by Crippen LogP contribution is -2.23. The smallest absolute Gasteiger partial charge is 0.251 e. The molecular formula is C22H22N2O2S. The summed E-state index contributed by atoms with van der Waals surface area (Å²) in [6.07, 6.45) is 0.692. The first-order chi connectivity index (χ1) is 13.0. The molecule has 3 rings (SSSR count). The van der Waals surface area contributed by atoms with Gasteiger partial charge in [-0.1, -0.05) is 67.6 Å². The molecule has 0 aliphatic carbocycles. The molecule has 4 nitrogen and oxygen atoms in total. The summed E-state index contributed by atoms with van der Waals surface area (Å²) in [5.74, 6) is -1.16. The minimum absolute atomic E-state index is 0.182. The Hall–Kier alpha value is -2.92. The van der Waals surface area contributed by atoms with Crippen LogP contribution in [-0.4, -0.2) is 11.8 Å². The molecule has 1 heterocycles. The molecule has 0 radical (unpaired) electrons. The fourth-order valence-electron chi connectivity index (χ4n) is 3.32. The first kappa shape index (κ1) is 18.9. The minimum Gasteiger partial charge on any atom is -0.365 e. The predicted molar refractivity (Wildman–Crippen MR) is 110 cm³/mol. The van der Waals surface area contributed by atoms with Crippen molar-refractivity contribution in [2.45, 2.75) is 26.2 Å². The van der Waals surface area contributed by atoms with Crippen LogP contribution in [0.1, 0.15) is 44.8 Å². The van der Waals surface area contributed by atoms with Gasteiger partial charge in [0.2, 0.25) is 5.91 Å². The molecule has 0 unspecified atom stereocenters. The zero-order valence-corrected chi connectivity index (χ0v) is 16.2. The van der Waals surface area contributed by atoms with Gasteiger partial charge in [-0.15, -0.1) is 11.3 Å². The lowest BCUT2D eigenvalue weighted by molar-refractivity contribution is -0.116. The molecule has 0 spiro atoms. The van der Waals surface area contributed by atoms with Crippen molar-refractivity contribution in [1.82, 2.24) is 0 Å².